The molecule has 0 radical (unpaired) electrons. The number of nitrogens with one attached hydrogen (secondary N) is 2. The van der Waals surface area contributed by atoms with Crippen molar-refractivity contribution < 1.29 is 9.21 Å². The maximum absolute atomic E-state index is 12.1. The highest BCUT2D eigenvalue weighted by atomic mass is 32.1. The summed E-state index contributed by atoms with van der Waals surface area (Å²) < 4.78 is 5.76. The number of thiophene rings is 1. The molecule has 4 rings (SSSR count). The third-order valence-electron chi connectivity index (χ3n) is 4.21. The van der Waals surface area contributed by atoms with Gasteiger partial charge in [0.25, 0.3) is 0 Å². The molecule has 0 aliphatic carbocycles. The van der Waals surface area contributed by atoms with Crippen molar-refractivity contribution in [1.82, 2.24) is 10.6 Å². The standard InChI is InChI=1S/C21H18N2O2S/c24-21(22-12-16-6-3-5-15-4-1-2-7-19(15)16)23-13-18-8-9-20(25-18)17-10-11-26-14-17/h1-11,14H,12-13H2,(H2,22,23,24). The van der Waals surface area contributed by atoms with Crippen LogP contribution in [0.5, 0.6) is 0 Å². The third-order valence-corrected chi connectivity index (χ3v) is 4.89. The summed E-state index contributed by atoms with van der Waals surface area (Å²) in [6, 6.07) is 19.9. The summed E-state index contributed by atoms with van der Waals surface area (Å²) >= 11 is 1.63. The van der Waals surface area contributed by atoms with Gasteiger partial charge in [0, 0.05) is 17.5 Å². The number of fused-ring (bicyclic) bond motifs is 1. The number of rotatable bonds is 5. The zero-order valence-electron chi connectivity index (χ0n) is 14.1. The van der Waals surface area contributed by atoms with E-state index in [1.807, 2.05) is 53.2 Å². The van der Waals surface area contributed by atoms with E-state index in [0.29, 0.717) is 13.1 Å². The van der Waals surface area contributed by atoms with Gasteiger partial charge in [0.1, 0.15) is 11.5 Å². The molecule has 2 N–H and O–H groups in total. The molecule has 0 unspecified atom stereocenters. The van der Waals surface area contributed by atoms with E-state index in [1.54, 1.807) is 11.3 Å². The number of benzene rings is 2. The molecular weight excluding hydrogens is 344 g/mol. The van der Waals surface area contributed by atoms with Gasteiger partial charge >= 0.3 is 6.03 Å². The lowest BCUT2D eigenvalue weighted by Crippen LogP contribution is -2.34. The second-order valence-electron chi connectivity index (χ2n) is 5.95. The van der Waals surface area contributed by atoms with E-state index in [2.05, 4.69) is 28.8 Å². The summed E-state index contributed by atoms with van der Waals surface area (Å²) in [7, 11) is 0. The lowest BCUT2D eigenvalue weighted by Gasteiger charge is -2.09. The van der Waals surface area contributed by atoms with Crippen LogP contribution in [0, 0.1) is 0 Å². The van der Waals surface area contributed by atoms with Crippen molar-refractivity contribution in [3.63, 3.8) is 0 Å². The van der Waals surface area contributed by atoms with Gasteiger partial charge in [-0.1, -0.05) is 42.5 Å². The van der Waals surface area contributed by atoms with Crippen LogP contribution in [0.25, 0.3) is 22.1 Å². The van der Waals surface area contributed by atoms with Crippen LogP contribution in [0.2, 0.25) is 0 Å². The number of hydrogen-bond acceptors (Lipinski definition) is 3. The van der Waals surface area contributed by atoms with E-state index in [9.17, 15) is 4.79 Å². The van der Waals surface area contributed by atoms with Crippen LogP contribution in [0.1, 0.15) is 11.3 Å². The molecule has 2 amide bonds. The number of carbonyl (C=O) groups excluding carboxylic acids is 1. The zero-order chi connectivity index (χ0) is 17.8. The summed E-state index contributed by atoms with van der Waals surface area (Å²) in [4.78, 5) is 12.1. The first-order valence-electron chi connectivity index (χ1n) is 8.39. The van der Waals surface area contributed by atoms with Gasteiger partial charge in [-0.2, -0.15) is 11.3 Å². The number of carbonyl (C=O) groups is 1. The minimum absolute atomic E-state index is 0.216. The summed E-state index contributed by atoms with van der Waals surface area (Å²) in [5.41, 5.74) is 2.15. The van der Waals surface area contributed by atoms with E-state index >= 15 is 0 Å². The topological polar surface area (TPSA) is 54.3 Å². The Labute approximate surface area is 155 Å². The van der Waals surface area contributed by atoms with Crippen molar-refractivity contribution in [2.45, 2.75) is 13.1 Å². The lowest BCUT2D eigenvalue weighted by molar-refractivity contribution is 0.239. The van der Waals surface area contributed by atoms with Gasteiger partial charge in [0.2, 0.25) is 0 Å². The molecule has 4 nitrogen and oxygen atoms in total. The van der Waals surface area contributed by atoms with Gasteiger partial charge in [-0.15, -0.1) is 0 Å². The third kappa shape index (κ3) is 3.63. The summed E-state index contributed by atoms with van der Waals surface area (Å²) in [5, 5.41) is 12.1. The molecule has 0 saturated heterocycles. The van der Waals surface area contributed by atoms with E-state index in [1.165, 1.54) is 5.39 Å². The Hall–Kier alpha value is -3.05. The number of hydrogen-bond donors (Lipinski definition) is 2. The maximum atomic E-state index is 12.1. The Morgan fingerprint density at radius 1 is 0.923 bits per heavy atom. The van der Waals surface area contributed by atoms with Gasteiger partial charge in [0.15, 0.2) is 0 Å². The molecule has 0 bridgehead atoms. The van der Waals surface area contributed by atoms with Crippen molar-refractivity contribution in [3.05, 3.63) is 82.7 Å². The van der Waals surface area contributed by atoms with Crippen molar-refractivity contribution in [2.75, 3.05) is 0 Å². The largest absolute Gasteiger partial charge is 0.459 e. The molecule has 130 valence electrons. The van der Waals surface area contributed by atoms with E-state index < -0.39 is 0 Å². The monoisotopic (exact) mass is 362 g/mol. The van der Waals surface area contributed by atoms with Crippen molar-refractivity contribution in [1.29, 1.82) is 0 Å². The fraction of sp³-hybridized carbons (Fsp3) is 0.0952. The van der Waals surface area contributed by atoms with Crippen molar-refractivity contribution in [3.8, 4) is 11.3 Å². The predicted octanol–water partition coefficient (Wildman–Crippen LogP) is 5.16. The smallest absolute Gasteiger partial charge is 0.315 e. The minimum Gasteiger partial charge on any atom is -0.459 e. The van der Waals surface area contributed by atoms with Crippen LogP contribution in [-0.4, -0.2) is 6.03 Å². The lowest BCUT2D eigenvalue weighted by atomic mass is 10.0. The highest BCUT2D eigenvalue weighted by molar-refractivity contribution is 7.08. The minimum atomic E-state index is -0.216. The normalized spacial score (nSPS) is 10.8. The van der Waals surface area contributed by atoms with E-state index in [-0.39, 0.29) is 6.03 Å². The molecule has 0 saturated carbocycles. The Kier molecular flexibility index (Phi) is 4.71. The number of furan rings is 1. The average molecular weight is 362 g/mol. The summed E-state index contributed by atoms with van der Waals surface area (Å²) in [6.45, 7) is 0.830. The molecular formula is C21H18N2O2S. The van der Waals surface area contributed by atoms with Gasteiger partial charge in [-0.3, -0.25) is 0 Å². The van der Waals surface area contributed by atoms with Crippen LogP contribution >= 0.6 is 11.3 Å². The highest BCUT2D eigenvalue weighted by Crippen LogP contribution is 2.24. The molecule has 0 atom stereocenters. The van der Waals surface area contributed by atoms with Crippen LogP contribution in [-0.2, 0) is 13.1 Å². The Balaban J connectivity index is 1.33. The summed E-state index contributed by atoms with van der Waals surface area (Å²) in [5.74, 6) is 1.55. The van der Waals surface area contributed by atoms with Crippen molar-refractivity contribution in [2.24, 2.45) is 0 Å². The number of urea groups is 1. The van der Waals surface area contributed by atoms with Crippen LogP contribution in [0.3, 0.4) is 0 Å². The average Bonchev–Trinajstić information content (AvgIpc) is 3.36. The zero-order valence-corrected chi connectivity index (χ0v) is 14.9. The molecule has 0 fully saturated rings. The summed E-state index contributed by atoms with van der Waals surface area (Å²) in [6.07, 6.45) is 0. The molecule has 2 heterocycles. The Morgan fingerprint density at radius 2 is 1.77 bits per heavy atom. The first kappa shape index (κ1) is 16.4. The SMILES string of the molecule is O=C(NCc1ccc(-c2ccsc2)o1)NCc1cccc2ccccc12. The van der Waals surface area contributed by atoms with Crippen LogP contribution < -0.4 is 10.6 Å². The van der Waals surface area contributed by atoms with Crippen LogP contribution in [0.4, 0.5) is 4.79 Å². The second kappa shape index (κ2) is 7.45. The fourth-order valence-corrected chi connectivity index (χ4v) is 3.53. The van der Waals surface area contributed by atoms with Gasteiger partial charge < -0.3 is 15.1 Å². The quantitative estimate of drug-likeness (QED) is 0.515. The molecule has 2 aromatic carbocycles. The maximum Gasteiger partial charge on any atom is 0.315 e. The Bertz CT molecular complexity index is 1020. The van der Waals surface area contributed by atoms with E-state index in [0.717, 1.165) is 28.0 Å². The highest BCUT2D eigenvalue weighted by Gasteiger charge is 2.07. The predicted molar refractivity (Wildman–Crippen MR) is 105 cm³/mol. The molecule has 0 aliphatic rings. The number of amides is 2. The van der Waals surface area contributed by atoms with Gasteiger partial charge in [0.05, 0.1) is 6.54 Å². The molecule has 0 spiro atoms. The second-order valence-corrected chi connectivity index (χ2v) is 6.73. The Morgan fingerprint density at radius 3 is 2.65 bits per heavy atom. The van der Waals surface area contributed by atoms with E-state index in [4.69, 9.17) is 4.42 Å². The first-order valence-corrected chi connectivity index (χ1v) is 9.33. The molecule has 5 heteroatoms. The fourth-order valence-electron chi connectivity index (χ4n) is 2.88. The first-order chi connectivity index (χ1) is 12.8. The molecule has 2 aromatic heterocycles. The molecule has 26 heavy (non-hydrogen) atoms. The van der Waals surface area contributed by atoms with Crippen molar-refractivity contribution >= 4 is 28.1 Å². The van der Waals surface area contributed by atoms with Gasteiger partial charge in [-0.25, -0.2) is 4.79 Å². The van der Waals surface area contributed by atoms with Gasteiger partial charge in [-0.05, 0) is 39.9 Å². The molecule has 0 aliphatic heterocycles. The molecule has 4 aromatic rings. The van der Waals surface area contributed by atoms with Crippen LogP contribution in [0.15, 0.2) is 75.8 Å².